The number of nitrogens with one attached hydrogen (secondary N) is 1. The van der Waals surface area contributed by atoms with Crippen LogP contribution >= 0.6 is 11.8 Å². The van der Waals surface area contributed by atoms with Crippen LogP contribution in [0.5, 0.6) is 5.75 Å². The molecule has 3 aromatic rings. The molecule has 0 radical (unpaired) electrons. The summed E-state index contributed by atoms with van der Waals surface area (Å²) in [5, 5.41) is 12.1. The third kappa shape index (κ3) is 5.28. The minimum Gasteiger partial charge on any atom is -0.496 e. The molecule has 1 atom stereocenters. The summed E-state index contributed by atoms with van der Waals surface area (Å²) < 4.78 is 7.48. The molecule has 0 saturated heterocycles. The summed E-state index contributed by atoms with van der Waals surface area (Å²) in [6.07, 6.45) is 0. The minimum atomic E-state index is -0.331. The second-order valence-corrected chi connectivity index (χ2v) is 9.64. The number of ether oxygens (including phenoxy) is 1. The Hall–Kier alpha value is -2.80. The van der Waals surface area contributed by atoms with E-state index in [-0.39, 0.29) is 16.6 Å². The van der Waals surface area contributed by atoms with Gasteiger partial charge < -0.3 is 14.6 Å². The van der Waals surface area contributed by atoms with Gasteiger partial charge in [0, 0.05) is 12.2 Å². The molecular weight excluding hydrogens is 408 g/mol. The van der Waals surface area contributed by atoms with E-state index < -0.39 is 0 Å². The van der Waals surface area contributed by atoms with E-state index in [0.717, 1.165) is 22.8 Å². The molecule has 2 aromatic carbocycles. The fourth-order valence-electron chi connectivity index (χ4n) is 3.20. The fraction of sp³-hybridized carbons (Fsp3) is 0.375. The van der Waals surface area contributed by atoms with Crippen molar-refractivity contribution in [2.24, 2.45) is 0 Å². The van der Waals surface area contributed by atoms with Gasteiger partial charge in [0.2, 0.25) is 5.91 Å². The van der Waals surface area contributed by atoms with E-state index in [0.29, 0.717) is 11.7 Å². The van der Waals surface area contributed by atoms with Crippen LogP contribution in [-0.2, 0) is 16.8 Å². The van der Waals surface area contributed by atoms with E-state index in [1.807, 2.05) is 54.8 Å². The topological polar surface area (TPSA) is 69.0 Å². The van der Waals surface area contributed by atoms with E-state index in [1.165, 1.54) is 17.3 Å². The number of thioether (sulfide) groups is 1. The molecule has 0 bridgehead atoms. The van der Waals surface area contributed by atoms with Crippen LogP contribution in [0.1, 0.15) is 40.2 Å². The number of methoxy groups -OCH3 is 1. The lowest BCUT2D eigenvalue weighted by Crippen LogP contribution is -2.23. The van der Waals surface area contributed by atoms with Gasteiger partial charge in [-0.3, -0.25) is 4.79 Å². The van der Waals surface area contributed by atoms with Crippen LogP contribution in [-0.4, -0.2) is 33.0 Å². The lowest BCUT2D eigenvalue weighted by atomic mass is 9.87. The largest absolute Gasteiger partial charge is 0.496 e. The summed E-state index contributed by atoms with van der Waals surface area (Å²) in [5.41, 5.74) is 2.97. The van der Waals surface area contributed by atoms with E-state index in [2.05, 4.69) is 48.4 Å². The Morgan fingerprint density at radius 3 is 2.42 bits per heavy atom. The summed E-state index contributed by atoms with van der Waals surface area (Å²) >= 11 is 1.39. The van der Waals surface area contributed by atoms with Crippen molar-refractivity contribution < 1.29 is 9.53 Å². The molecule has 1 heterocycles. The van der Waals surface area contributed by atoms with Crippen molar-refractivity contribution in [1.82, 2.24) is 14.8 Å². The van der Waals surface area contributed by atoms with Crippen molar-refractivity contribution in [3.05, 3.63) is 54.1 Å². The second kappa shape index (κ2) is 9.56. The zero-order valence-electron chi connectivity index (χ0n) is 19.0. The average Bonchev–Trinajstić information content (AvgIpc) is 3.15. The molecule has 0 fully saturated rings. The second-order valence-electron chi connectivity index (χ2n) is 8.33. The molecule has 1 amide bonds. The van der Waals surface area contributed by atoms with Crippen molar-refractivity contribution in [3.63, 3.8) is 0 Å². The molecule has 0 spiro atoms. The molecule has 7 heteroatoms. The predicted octanol–water partition coefficient (Wildman–Crippen LogP) is 5.39. The fourth-order valence-corrected chi connectivity index (χ4v) is 4.11. The molecule has 0 aliphatic heterocycles. The van der Waals surface area contributed by atoms with Crippen molar-refractivity contribution in [2.75, 3.05) is 12.4 Å². The molecule has 3 rings (SSSR count). The molecule has 164 valence electrons. The number of para-hydroxylation sites is 1. The highest BCUT2D eigenvalue weighted by atomic mass is 32.2. The smallest absolute Gasteiger partial charge is 0.237 e. The highest BCUT2D eigenvalue weighted by Gasteiger charge is 2.22. The van der Waals surface area contributed by atoms with Gasteiger partial charge in [0.15, 0.2) is 11.0 Å². The van der Waals surface area contributed by atoms with Crippen molar-refractivity contribution >= 4 is 23.4 Å². The SMILES string of the molecule is CCn1c(SC(C)C(=O)Nc2ccc(C(C)(C)C)cc2)nnc1-c1ccccc1OC. The predicted molar refractivity (Wildman–Crippen MR) is 127 cm³/mol. The van der Waals surface area contributed by atoms with Crippen LogP contribution in [0.25, 0.3) is 11.4 Å². The number of rotatable bonds is 7. The molecule has 1 aromatic heterocycles. The molecule has 1 unspecified atom stereocenters. The van der Waals surface area contributed by atoms with Gasteiger partial charge in [0.05, 0.1) is 17.9 Å². The van der Waals surface area contributed by atoms with Crippen molar-refractivity contribution in [3.8, 4) is 17.1 Å². The Kier molecular flexibility index (Phi) is 7.05. The van der Waals surface area contributed by atoms with Crippen molar-refractivity contribution in [2.45, 2.75) is 57.0 Å². The zero-order valence-corrected chi connectivity index (χ0v) is 19.8. The molecule has 0 aliphatic rings. The van der Waals surface area contributed by atoms with Gasteiger partial charge in [-0.2, -0.15) is 0 Å². The van der Waals surface area contributed by atoms with E-state index in [4.69, 9.17) is 4.74 Å². The molecule has 1 N–H and O–H groups in total. The van der Waals surface area contributed by atoms with Gasteiger partial charge in [-0.1, -0.05) is 56.8 Å². The van der Waals surface area contributed by atoms with Gasteiger partial charge in [0.1, 0.15) is 5.75 Å². The summed E-state index contributed by atoms with van der Waals surface area (Å²) in [7, 11) is 1.64. The molecular formula is C24H30N4O2S. The Bertz CT molecular complexity index is 1040. The van der Waals surface area contributed by atoms with Crippen LogP contribution < -0.4 is 10.1 Å². The standard InChI is InChI=1S/C24H30N4O2S/c1-7-28-21(19-10-8-9-11-20(19)30-6)26-27-23(28)31-16(2)22(29)25-18-14-12-17(13-15-18)24(3,4)5/h8-16H,7H2,1-6H3,(H,25,29). The monoisotopic (exact) mass is 438 g/mol. The normalized spacial score (nSPS) is 12.5. The molecule has 0 aliphatic carbocycles. The lowest BCUT2D eigenvalue weighted by molar-refractivity contribution is -0.115. The van der Waals surface area contributed by atoms with Crippen LogP contribution in [0.15, 0.2) is 53.7 Å². The van der Waals surface area contributed by atoms with Gasteiger partial charge in [-0.15, -0.1) is 10.2 Å². The van der Waals surface area contributed by atoms with Crippen LogP contribution in [0.3, 0.4) is 0 Å². The van der Waals surface area contributed by atoms with Gasteiger partial charge >= 0.3 is 0 Å². The summed E-state index contributed by atoms with van der Waals surface area (Å²) in [6.45, 7) is 11.1. The number of anilines is 1. The lowest BCUT2D eigenvalue weighted by Gasteiger charge is -2.19. The Morgan fingerprint density at radius 2 is 1.81 bits per heavy atom. The van der Waals surface area contributed by atoms with E-state index in [1.54, 1.807) is 7.11 Å². The third-order valence-electron chi connectivity index (χ3n) is 5.05. The number of hydrogen-bond donors (Lipinski definition) is 1. The van der Waals surface area contributed by atoms with Gasteiger partial charge in [-0.25, -0.2) is 0 Å². The Balaban J connectivity index is 1.73. The number of carbonyl (C=O) groups excluding carboxylic acids is 1. The summed E-state index contributed by atoms with van der Waals surface area (Å²) in [4.78, 5) is 12.8. The number of carbonyl (C=O) groups is 1. The molecule has 0 saturated carbocycles. The Morgan fingerprint density at radius 1 is 1.13 bits per heavy atom. The number of benzene rings is 2. The first kappa shape index (κ1) is 22.9. The third-order valence-corrected chi connectivity index (χ3v) is 6.13. The first-order valence-electron chi connectivity index (χ1n) is 10.4. The van der Waals surface area contributed by atoms with E-state index >= 15 is 0 Å². The van der Waals surface area contributed by atoms with Gasteiger partial charge in [-0.05, 0) is 49.1 Å². The van der Waals surface area contributed by atoms with E-state index in [9.17, 15) is 4.79 Å². The maximum atomic E-state index is 12.8. The van der Waals surface area contributed by atoms with Crippen LogP contribution in [0.4, 0.5) is 5.69 Å². The number of hydrogen-bond acceptors (Lipinski definition) is 5. The quantitative estimate of drug-likeness (QED) is 0.501. The average molecular weight is 439 g/mol. The number of aromatic nitrogens is 3. The maximum absolute atomic E-state index is 12.8. The summed E-state index contributed by atoms with van der Waals surface area (Å²) in [6, 6.07) is 15.7. The van der Waals surface area contributed by atoms with Crippen LogP contribution in [0, 0.1) is 0 Å². The molecule has 31 heavy (non-hydrogen) atoms. The molecule has 6 nitrogen and oxygen atoms in total. The van der Waals surface area contributed by atoms with Crippen molar-refractivity contribution in [1.29, 1.82) is 0 Å². The van der Waals surface area contributed by atoms with Gasteiger partial charge in [0.25, 0.3) is 0 Å². The number of nitrogens with zero attached hydrogens (tertiary/aromatic N) is 3. The number of amides is 1. The summed E-state index contributed by atoms with van der Waals surface area (Å²) in [5.74, 6) is 1.40. The first-order valence-corrected chi connectivity index (χ1v) is 11.3. The highest BCUT2D eigenvalue weighted by Crippen LogP contribution is 2.32. The first-order chi connectivity index (χ1) is 14.7. The van der Waals surface area contributed by atoms with Crippen LogP contribution in [0.2, 0.25) is 0 Å². The Labute approximate surface area is 188 Å². The maximum Gasteiger partial charge on any atom is 0.237 e. The zero-order chi connectivity index (χ0) is 22.6. The highest BCUT2D eigenvalue weighted by molar-refractivity contribution is 8.00. The minimum absolute atomic E-state index is 0.0713.